The quantitative estimate of drug-likeness (QED) is 0.332. The number of aryl methyl sites for hydroxylation is 1. The number of fused-ring (bicyclic) bond motifs is 2. The van der Waals surface area contributed by atoms with Crippen molar-refractivity contribution in [3.8, 4) is 0 Å². The second-order valence-corrected chi connectivity index (χ2v) is 11.2. The first-order valence-corrected chi connectivity index (χ1v) is 14.3. The minimum atomic E-state index is 0.0167. The van der Waals surface area contributed by atoms with Crippen molar-refractivity contribution in [2.24, 2.45) is 0 Å². The summed E-state index contributed by atoms with van der Waals surface area (Å²) < 4.78 is 2.18. The number of aromatic nitrogens is 3. The van der Waals surface area contributed by atoms with Crippen LogP contribution < -0.4 is 15.5 Å². The van der Waals surface area contributed by atoms with Crippen LogP contribution in [0.2, 0.25) is 0 Å². The molecule has 6 rings (SSSR count). The number of hydrogen-bond acceptors (Lipinski definition) is 5. The van der Waals surface area contributed by atoms with Crippen molar-refractivity contribution in [2.45, 2.75) is 70.0 Å². The predicted molar refractivity (Wildman–Crippen MR) is 158 cm³/mol. The van der Waals surface area contributed by atoms with E-state index in [2.05, 4.69) is 64.5 Å². The van der Waals surface area contributed by atoms with Gasteiger partial charge in [0.05, 0.1) is 11.3 Å². The zero-order chi connectivity index (χ0) is 26.8. The molecule has 2 aromatic carbocycles. The van der Waals surface area contributed by atoms with Crippen LogP contribution in [0.25, 0.3) is 10.9 Å². The highest BCUT2D eigenvalue weighted by Gasteiger charge is 2.26. The number of para-hydroxylation sites is 1. The fourth-order valence-corrected chi connectivity index (χ4v) is 6.18. The Kier molecular flexibility index (Phi) is 7.22. The molecular weight excluding hydrogens is 484 g/mol. The van der Waals surface area contributed by atoms with Crippen molar-refractivity contribution in [1.29, 1.82) is 0 Å². The van der Waals surface area contributed by atoms with Crippen LogP contribution in [0.4, 0.5) is 11.8 Å². The molecule has 0 bridgehead atoms. The predicted octanol–water partition coefficient (Wildman–Crippen LogP) is 5.58. The van der Waals surface area contributed by atoms with Crippen LogP contribution in [0.1, 0.15) is 65.7 Å². The summed E-state index contributed by atoms with van der Waals surface area (Å²) in [6.07, 6.45) is 10.4. The molecule has 2 N–H and O–H groups in total. The van der Waals surface area contributed by atoms with Crippen molar-refractivity contribution in [3.63, 3.8) is 0 Å². The third-order valence-corrected chi connectivity index (χ3v) is 8.21. The Balaban J connectivity index is 1.10. The van der Waals surface area contributed by atoms with Gasteiger partial charge in [0.1, 0.15) is 5.82 Å². The molecule has 0 radical (unpaired) electrons. The van der Waals surface area contributed by atoms with Gasteiger partial charge in [0.15, 0.2) is 0 Å². The van der Waals surface area contributed by atoms with E-state index in [0.29, 0.717) is 6.04 Å². The molecular formula is C32H38N6O. The first kappa shape index (κ1) is 25.4. The Labute approximate surface area is 230 Å². The summed E-state index contributed by atoms with van der Waals surface area (Å²) in [6.45, 7) is 0.742. The van der Waals surface area contributed by atoms with Gasteiger partial charge in [-0.15, -0.1) is 0 Å². The summed E-state index contributed by atoms with van der Waals surface area (Å²) in [5.74, 6) is 1.82. The summed E-state index contributed by atoms with van der Waals surface area (Å²) in [6, 6.07) is 19.1. The van der Waals surface area contributed by atoms with Crippen molar-refractivity contribution in [1.82, 2.24) is 19.9 Å². The molecule has 202 valence electrons. The van der Waals surface area contributed by atoms with Crippen molar-refractivity contribution in [3.05, 3.63) is 83.2 Å². The van der Waals surface area contributed by atoms with Crippen LogP contribution in [0.5, 0.6) is 0 Å². The lowest BCUT2D eigenvalue weighted by atomic mass is 9.91. The maximum atomic E-state index is 13.4. The Morgan fingerprint density at radius 1 is 0.923 bits per heavy atom. The molecule has 2 aromatic heterocycles. The summed E-state index contributed by atoms with van der Waals surface area (Å²) in [4.78, 5) is 25.3. The second kappa shape index (κ2) is 11.1. The molecule has 4 aromatic rings. The number of carbonyl (C=O) groups is 1. The Bertz CT molecular complexity index is 1450. The lowest BCUT2D eigenvalue weighted by Crippen LogP contribution is -2.40. The van der Waals surface area contributed by atoms with Gasteiger partial charge in [-0.25, -0.2) is 4.98 Å². The summed E-state index contributed by atoms with van der Waals surface area (Å²) in [5, 5.41) is 7.96. The van der Waals surface area contributed by atoms with E-state index in [9.17, 15) is 4.79 Å². The van der Waals surface area contributed by atoms with Gasteiger partial charge in [-0.3, -0.25) is 4.79 Å². The van der Waals surface area contributed by atoms with E-state index in [4.69, 9.17) is 9.97 Å². The van der Waals surface area contributed by atoms with Gasteiger partial charge < -0.3 is 20.1 Å². The van der Waals surface area contributed by atoms with Gasteiger partial charge in [-0.05, 0) is 63.0 Å². The zero-order valence-corrected chi connectivity index (χ0v) is 23.0. The molecule has 0 atom stereocenters. The minimum absolute atomic E-state index is 0.0167. The number of carbonyl (C=O) groups excluding carboxylic acids is 1. The van der Waals surface area contributed by atoms with Crippen LogP contribution >= 0.6 is 0 Å². The van der Waals surface area contributed by atoms with E-state index in [0.717, 1.165) is 73.3 Å². The van der Waals surface area contributed by atoms with Gasteiger partial charge >= 0.3 is 0 Å². The minimum Gasteiger partial charge on any atom is -0.362 e. The SMILES string of the molecule is CN(C)c1nc(N[C@H]2CC[C@@H](NC(=O)c3cn(Cc4ccccc4)c4ccccc34)CC2)nc2c1CCCC2. The fourth-order valence-electron chi connectivity index (χ4n) is 6.18. The van der Waals surface area contributed by atoms with Crippen molar-refractivity contribution >= 4 is 28.6 Å². The molecule has 7 nitrogen and oxygen atoms in total. The van der Waals surface area contributed by atoms with E-state index in [1.54, 1.807) is 0 Å². The Morgan fingerprint density at radius 2 is 1.64 bits per heavy atom. The maximum absolute atomic E-state index is 13.4. The molecule has 39 heavy (non-hydrogen) atoms. The molecule has 2 aliphatic carbocycles. The molecule has 1 saturated carbocycles. The average Bonchev–Trinajstić information content (AvgIpc) is 3.32. The lowest BCUT2D eigenvalue weighted by Gasteiger charge is -2.30. The molecule has 7 heteroatoms. The summed E-state index contributed by atoms with van der Waals surface area (Å²) >= 11 is 0. The van der Waals surface area contributed by atoms with E-state index in [-0.39, 0.29) is 11.9 Å². The first-order valence-electron chi connectivity index (χ1n) is 14.3. The molecule has 0 unspecified atom stereocenters. The molecule has 0 saturated heterocycles. The largest absolute Gasteiger partial charge is 0.362 e. The van der Waals surface area contributed by atoms with Gasteiger partial charge in [0, 0.05) is 55.4 Å². The Morgan fingerprint density at radius 3 is 2.44 bits per heavy atom. The fraction of sp³-hybridized carbons (Fsp3) is 0.406. The van der Waals surface area contributed by atoms with Crippen LogP contribution in [0, 0.1) is 0 Å². The number of nitrogens with zero attached hydrogens (tertiary/aromatic N) is 4. The molecule has 1 amide bonds. The normalized spacial score (nSPS) is 18.9. The highest BCUT2D eigenvalue weighted by Crippen LogP contribution is 2.30. The molecule has 2 heterocycles. The third-order valence-electron chi connectivity index (χ3n) is 8.21. The molecule has 2 aliphatic rings. The van der Waals surface area contributed by atoms with Gasteiger partial charge in [0.2, 0.25) is 5.95 Å². The van der Waals surface area contributed by atoms with Crippen LogP contribution in [-0.2, 0) is 19.4 Å². The highest BCUT2D eigenvalue weighted by atomic mass is 16.1. The number of nitrogens with one attached hydrogen (secondary N) is 2. The van der Waals surface area contributed by atoms with Crippen LogP contribution in [-0.4, -0.2) is 46.6 Å². The topological polar surface area (TPSA) is 75.1 Å². The average molecular weight is 523 g/mol. The monoisotopic (exact) mass is 522 g/mol. The highest BCUT2D eigenvalue weighted by molar-refractivity contribution is 6.07. The first-order chi connectivity index (χ1) is 19.0. The smallest absolute Gasteiger partial charge is 0.253 e. The van der Waals surface area contributed by atoms with Crippen LogP contribution in [0.3, 0.4) is 0 Å². The van der Waals surface area contributed by atoms with Crippen LogP contribution in [0.15, 0.2) is 60.8 Å². The van der Waals surface area contributed by atoms with Crippen molar-refractivity contribution < 1.29 is 4.79 Å². The van der Waals surface area contributed by atoms with E-state index < -0.39 is 0 Å². The Hall–Kier alpha value is -3.87. The summed E-state index contributed by atoms with van der Waals surface area (Å²) in [5.41, 5.74) is 5.57. The maximum Gasteiger partial charge on any atom is 0.253 e. The summed E-state index contributed by atoms with van der Waals surface area (Å²) in [7, 11) is 4.13. The zero-order valence-electron chi connectivity index (χ0n) is 23.0. The molecule has 0 aliphatic heterocycles. The number of hydrogen-bond donors (Lipinski definition) is 2. The number of benzene rings is 2. The number of rotatable bonds is 7. The van der Waals surface area contributed by atoms with E-state index >= 15 is 0 Å². The van der Waals surface area contributed by atoms with Crippen molar-refractivity contribution in [2.75, 3.05) is 24.3 Å². The van der Waals surface area contributed by atoms with Gasteiger partial charge in [-0.1, -0.05) is 48.5 Å². The standard InChI is InChI=1S/C32H38N6O/c1-37(2)30-26-13-6-8-14-28(26)35-32(36-30)34-24-18-16-23(17-19-24)33-31(39)27-21-38(20-22-10-4-3-5-11-22)29-15-9-7-12-25(27)29/h3-5,7,9-12,15,21,23-24H,6,8,13-14,16-20H2,1-2H3,(H,33,39)(H,34,35,36)/t23-,24+. The van der Waals surface area contributed by atoms with Gasteiger partial charge in [-0.2, -0.15) is 4.98 Å². The lowest BCUT2D eigenvalue weighted by molar-refractivity contribution is 0.0928. The second-order valence-electron chi connectivity index (χ2n) is 11.2. The molecule has 1 fully saturated rings. The van der Waals surface area contributed by atoms with Gasteiger partial charge in [0.25, 0.3) is 5.91 Å². The number of anilines is 2. The number of amides is 1. The van der Waals surface area contributed by atoms with E-state index in [1.807, 2.05) is 30.5 Å². The molecule has 0 spiro atoms. The third kappa shape index (κ3) is 5.49. The van der Waals surface area contributed by atoms with E-state index in [1.165, 1.54) is 29.7 Å².